The van der Waals surface area contributed by atoms with E-state index in [1.165, 1.54) is 123 Å². The van der Waals surface area contributed by atoms with Crippen LogP contribution in [-0.2, 0) is 101 Å². The quantitative estimate of drug-likeness (QED) is 0.0548. The second-order valence-electron chi connectivity index (χ2n) is 28.7. The van der Waals surface area contributed by atoms with Crippen molar-refractivity contribution in [1.82, 2.24) is 19.9 Å². The van der Waals surface area contributed by atoms with Crippen molar-refractivity contribution in [1.29, 1.82) is 0 Å². The third-order valence-corrected chi connectivity index (χ3v) is 17.8. The largest absolute Gasteiger partial charge is 0.512 e. The second-order valence-corrected chi connectivity index (χ2v) is 28.7. The number of aromatic nitrogens is 5. The number of aryl methyl sites for hydroxylation is 7. The van der Waals surface area contributed by atoms with Crippen molar-refractivity contribution in [2.45, 2.75) is 110 Å². The number of pyridine rings is 5. The van der Waals surface area contributed by atoms with E-state index in [-0.39, 0.29) is 127 Å². The zero-order chi connectivity index (χ0) is 81.3. The summed E-state index contributed by atoms with van der Waals surface area (Å²) in [4.78, 5) is 49.9. The fraction of sp³-hybridized carbons (Fsp3) is 0.176. The smallest absolute Gasteiger partial charge is 0.221 e. The number of aliphatic hydroxyl groups excluding tert-OH is 3. The molecule has 0 bridgehead atoms. The number of allylic oxidation sites excluding steroid dienone is 6. The van der Waals surface area contributed by atoms with Gasteiger partial charge in [0.05, 0.1) is 50.3 Å². The van der Waals surface area contributed by atoms with Crippen molar-refractivity contribution < 1.29 is 115 Å². The molecule has 0 spiro atoms. The van der Waals surface area contributed by atoms with Crippen LogP contribution < -0.4 is 4.57 Å². The molecular formula is C102H98Ir4N5O6-3. The number of nitrogens with zero attached hydrogens (tertiary/aromatic N) is 5. The number of fused-ring (bicyclic) bond motifs is 9. The summed E-state index contributed by atoms with van der Waals surface area (Å²) >= 11 is 0. The van der Waals surface area contributed by atoms with Gasteiger partial charge < -0.3 is 15.3 Å². The van der Waals surface area contributed by atoms with Gasteiger partial charge in [0, 0.05) is 122 Å². The molecular weight excluding hydrogens is 2160 g/mol. The van der Waals surface area contributed by atoms with Crippen LogP contribution >= 0.6 is 0 Å². The predicted molar refractivity (Wildman–Crippen MR) is 465 cm³/mol. The standard InChI is InChI=1S/C18H16N.C17H14N.3C16H12N.C9H16O2.2C5H8O2.4Ir/c1-12-4-5-15-6-7-17(19-18(15)11-12)16-9-13(2)8-14(3)10-16;1-12-9-13(2)11-15(10-12)17-8-7-14-5-3-4-6-16(14)18-17;1-3-7-14-12(5-1)9-10-17-11-13-6-2-4-8-15(13)16(14)17;1-12-11-14-9-5-6-10-15(14)17-16(12)13-7-3-2-4-8-13;1-12-7-8-14-9-10-15(17-16(14)11-12)13-5-3-2-4-6-13;1-6(2)8(10)5-9(11)7(3)4;2*1-4(6)3-5(2)7;;;;/h4-9,11H,1-3H3;3-10H,1-2H3;1-10H,11H2;2-7,9-11H,1H3;2-5,7-11H,1H3;5-7,10H,1-4H3;2*3,6H,1-2H3;;;;/q2*-1;+1;2*-1;;;;;;;. The molecule has 5 aromatic heterocycles. The van der Waals surface area contributed by atoms with Crippen LogP contribution in [0.15, 0.2) is 296 Å². The van der Waals surface area contributed by atoms with Gasteiger partial charge in [-0.25, -0.2) is 0 Å². The molecule has 0 unspecified atom stereocenters. The number of hydrogen-bond donors (Lipinski definition) is 3. The number of rotatable bonds is 9. The Bertz CT molecular complexity index is 5860. The minimum atomic E-state index is -0.125. The predicted octanol–water partition coefficient (Wildman–Crippen LogP) is 24.5. The van der Waals surface area contributed by atoms with Crippen LogP contribution in [0, 0.1) is 84.6 Å². The normalized spacial score (nSPS) is 10.9. The summed E-state index contributed by atoms with van der Waals surface area (Å²) in [7, 11) is 0. The van der Waals surface area contributed by atoms with Crippen LogP contribution in [0.25, 0.3) is 111 Å². The van der Waals surface area contributed by atoms with Crippen molar-refractivity contribution in [3.63, 3.8) is 0 Å². The minimum Gasteiger partial charge on any atom is -0.512 e. The van der Waals surface area contributed by atoms with Gasteiger partial charge in [-0.1, -0.05) is 200 Å². The molecule has 1 aliphatic heterocycles. The topological polar surface area (TPSA) is 167 Å². The number of carbonyl (C=O) groups excluding carboxylic acids is 3. The molecule has 6 heterocycles. The first-order valence-corrected chi connectivity index (χ1v) is 37.8. The molecule has 15 aromatic rings. The summed E-state index contributed by atoms with van der Waals surface area (Å²) in [6, 6.07) is 101. The monoisotopic (exact) mass is 2260 g/mol. The van der Waals surface area contributed by atoms with E-state index in [0.29, 0.717) is 0 Å². The van der Waals surface area contributed by atoms with Crippen molar-refractivity contribution >= 4 is 71.7 Å². The first kappa shape index (κ1) is 97.1. The molecule has 11 nitrogen and oxygen atoms in total. The van der Waals surface area contributed by atoms with Crippen LogP contribution in [-0.4, -0.2) is 52.6 Å². The fourth-order valence-corrected chi connectivity index (χ4v) is 12.5. The molecule has 10 aromatic carbocycles. The first-order valence-electron chi connectivity index (χ1n) is 37.8. The number of aliphatic hydroxyl groups is 3. The Morgan fingerprint density at radius 1 is 0.393 bits per heavy atom. The molecule has 3 N–H and O–H groups in total. The molecule has 606 valence electrons. The number of ketones is 3. The van der Waals surface area contributed by atoms with Gasteiger partial charge in [-0.15, -0.1) is 142 Å². The number of carbonyl (C=O) groups is 3. The zero-order valence-electron chi connectivity index (χ0n) is 68.6. The van der Waals surface area contributed by atoms with E-state index in [9.17, 15) is 19.5 Å². The summed E-state index contributed by atoms with van der Waals surface area (Å²) in [6.07, 6.45) is 5.84. The minimum absolute atomic E-state index is 0. The Labute approximate surface area is 743 Å². The Balaban J connectivity index is 0.000000242. The van der Waals surface area contributed by atoms with Crippen LogP contribution in [0.3, 0.4) is 0 Å². The van der Waals surface area contributed by atoms with Gasteiger partial charge in [0.2, 0.25) is 5.69 Å². The summed E-state index contributed by atoms with van der Waals surface area (Å²) in [5.74, 6) is 0.0356. The first-order chi connectivity index (χ1) is 54.1. The molecule has 0 saturated heterocycles. The van der Waals surface area contributed by atoms with E-state index in [1.807, 2.05) is 119 Å². The van der Waals surface area contributed by atoms with Crippen LogP contribution in [0.1, 0.15) is 99.9 Å². The summed E-state index contributed by atoms with van der Waals surface area (Å²) in [6.45, 7) is 28.6. The van der Waals surface area contributed by atoms with Crippen LogP contribution in [0.4, 0.5) is 0 Å². The van der Waals surface area contributed by atoms with E-state index in [4.69, 9.17) is 25.2 Å². The zero-order valence-corrected chi connectivity index (χ0v) is 78.1. The van der Waals surface area contributed by atoms with Gasteiger partial charge in [-0.2, -0.15) is 4.57 Å². The van der Waals surface area contributed by atoms with E-state index in [2.05, 4.69) is 252 Å². The Morgan fingerprint density at radius 2 is 0.821 bits per heavy atom. The number of hydrogen-bond acceptors (Lipinski definition) is 10. The molecule has 1 aliphatic rings. The number of benzene rings is 10. The molecule has 0 fully saturated rings. The molecule has 16 rings (SSSR count). The van der Waals surface area contributed by atoms with Crippen molar-refractivity contribution in [2.75, 3.05) is 0 Å². The average molecular weight is 2260 g/mol. The van der Waals surface area contributed by atoms with E-state index in [1.54, 1.807) is 0 Å². The molecule has 4 radical (unpaired) electrons. The third kappa shape index (κ3) is 29.6. The molecule has 0 atom stereocenters. The molecule has 15 heteroatoms. The Kier molecular flexibility index (Phi) is 39.5. The van der Waals surface area contributed by atoms with Gasteiger partial charge in [-0.3, -0.25) is 34.3 Å². The van der Waals surface area contributed by atoms with E-state index in [0.717, 1.165) is 84.8 Å². The molecule has 0 amide bonds. The van der Waals surface area contributed by atoms with E-state index >= 15 is 0 Å². The molecule has 0 saturated carbocycles. The van der Waals surface area contributed by atoms with Gasteiger partial charge in [0.1, 0.15) is 0 Å². The fourth-order valence-electron chi connectivity index (χ4n) is 12.5. The van der Waals surface area contributed by atoms with Gasteiger partial charge in [-0.05, 0) is 146 Å². The summed E-state index contributed by atoms with van der Waals surface area (Å²) < 4.78 is 2.34. The number of para-hydroxylation sites is 2. The average Bonchev–Trinajstić information content (AvgIpc) is 1.62. The third-order valence-electron chi connectivity index (χ3n) is 17.8. The second kappa shape index (κ2) is 47.6. The maximum atomic E-state index is 11.0. The summed E-state index contributed by atoms with van der Waals surface area (Å²) in [5.41, 5.74) is 25.0. The Hall–Kier alpha value is -10.5. The maximum Gasteiger partial charge on any atom is 0.221 e. The molecule has 117 heavy (non-hydrogen) atoms. The van der Waals surface area contributed by atoms with Crippen LogP contribution in [0.2, 0.25) is 0 Å². The maximum absolute atomic E-state index is 11.0. The van der Waals surface area contributed by atoms with Gasteiger partial charge in [0.25, 0.3) is 0 Å². The van der Waals surface area contributed by atoms with Crippen molar-refractivity contribution in [3.05, 3.63) is 365 Å². The molecule has 0 aliphatic carbocycles. The van der Waals surface area contributed by atoms with Crippen molar-refractivity contribution in [2.24, 2.45) is 11.8 Å². The van der Waals surface area contributed by atoms with Crippen molar-refractivity contribution in [3.8, 4) is 56.3 Å². The van der Waals surface area contributed by atoms with Gasteiger partial charge in [0.15, 0.2) is 30.1 Å². The Morgan fingerprint density at radius 3 is 1.29 bits per heavy atom. The van der Waals surface area contributed by atoms with E-state index < -0.39 is 0 Å². The SMILES string of the molecule is CC(=O)C=C(C)O.CC(=O)C=C(C)O.CC(C)C(=O)C=C(O)C(C)C.Cc1[c-]c(-c2ccc3ccc(C)cc3n2)cc(C)c1.Cc1[c-]c(-c2ccc3ccccc3n2)cc(C)c1.Cc1cc2ccccc2nc1-c1[c-]cccc1.Cc1ccc2ccc(-c3[c-]cccc3)nc2c1.[Ir].[Ir].[Ir].[Ir].c1ccc2c(c1)C[n+]1ccc3ccccc3c1-2. The summed E-state index contributed by atoms with van der Waals surface area (Å²) in [5, 5.41) is 33.3. The van der Waals surface area contributed by atoms with Gasteiger partial charge >= 0.3 is 0 Å². The van der Waals surface area contributed by atoms with Crippen LogP contribution in [0.5, 0.6) is 0 Å².